The molecule has 0 spiro atoms. The Morgan fingerprint density at radius 3 is 2.29 bits per heavy atom. The van der Waals surface area contributed by atoms with E-state index >= 15 is 0 Å². The fourth-order valence-electron chi connectivity index (χ4n) is 10.4. The summed E-state index contributed by atoms with van der Waals surface area (Å²) >= 11 is 0. The predicted octanol–water partition coefficient (Wildman–Crippen LogP) is 5.92. The van der Waals surface area contributed by atoms with Crippen molar-refractivity contribution in [3.05, 3.63) is 0 Å². The van der Waals surface area contributed by atoms with Gasteiger partial charge in [0.2, 0.25) is 0 Å². The Morgan fingerprint density at radius 1 is 1.00 bits per heavy atom. The van der Waals surface area contributed by atoms with Crippen LogP contribution in [0.1, 0.15) is 112 Å². The minimum absolute atomic E-state index is 0.0697. The van der Waals surface area contributed by atoms with Crippen LogP contribution < -0.4 is 5.11 Å². The van der Waals surface area contributed by atoms with Crippen LogP contribution in [0.15, 0.2) is 0 Å². The van der Waals surface area contributed by atoms with Gasteiger partial charge < -0.3 is 24.5 Å². The molecule has 4 rings (SSSR count). The van der Waals surface area contributed by atoms with E-state index in [0.29, 0.717) is 36.0 Å². The summed E-state index contributed by atoms with van der Waals surface area (Å²) < 4.78 is 6.81. The molecule has 5 nitrogen and oxygen atoms in total. The Bertz CT molecular complexity index is 870. The van der Waals surface area contributed by atoms with E-state index < -0.39 is 31.9 Å². The van der Waals surface area contributed by atoms with Gasteiger partial charge >= 0.3 is 0 Å². The van der Waals surface area contributed by atoms with E-state index in [2.05, 4.69) is 54.3 Å². The third kappa shape index (κ3) is 5.42. The summed E-state index contributed by atoms with van der Waals surface area (Å²) in [6.45, 7) is 18.5. The summed E-state index contributed by atoms with van der Waals surface area (Å²) in [5.74, 6) is 2.59. The van der Waals surface area contributed by atoms with Crippen LogP contribution in [0.3, 0.4) is 0 Å². The summed E-state index contributed by atoms with van der Waals surface area (Å²) in [6, 6.07) is 0. The van der Waals surface area contributed by atoms with Crippen molar-refractivity contribution in [2.75, 3.05) is 0 Å². The topological polar surface area (TPSA) is 89.8 Å². The van der Waals surface area contributed by atoms with E-state index in [1.165, 1.54) is 38.5 Å². The highest BCUT2D eigenvalue weighted by Gasteiger charge is 2.69. The van der Waals surface area contributed by atoms with E-state index in [-0.39, 0.29) is 17.9 Å². The number of aliphatic carboxylic acids is 1. The summed E-state index contributed by atoms with van der Waals surface area (Å²) in [6.07, 6.45) is 10.1. The maximum absolute atomic E-state index is 12.6. The zero-order valence-electron chi connectivity index (χ0n) is 25.6. The molecule has 4 fully saturated rings. The smallest absolute Gasteiger partial charge is 0.184 e. The van der Waals surface area contributed by atoms with Crippen molar-refractivity contribution in [2.45, 2.75) is 149 Å². The molecule has 0 aromatic carbocycles. The Kier molecular flexibility index (Phi) is 8.39. The molecule has 38 heavy (non-hydrogen) atoms. The number of aliphatic hydroxyl groups is 2. The van der Waals surface area contributed by atoms with Gasteiger partial charge in [0, 0.05) is 24.2 Å². The highest BCUT2D eigenvalue weighted by atomic mass is 28.4. The molecule has 6 heteroatoms. The normalized spacial score (nSPS) is 45.8. The van der Waals surface area contributed by atoms with Crippen LogP contribution >= 0.6 is 0 Å². The second kappa shape index (κ2) is 10.4. The van der Waals surface area contributed by atoms with Crippen molar-refractivity contribution >= 4 is 14.3 Å². The molecule has 0 aromatic rings. The van der Waals surface area contributed by atoms with Crippen molar-refractivity contribution in [3.8, 4) is 0 Å². The molecule has 0 aliphatic heterocycles. The molecule has 0 bridgehead atoms. The van der Waals surface area contributed by atoms with Crippen LogP contribution in [0.2, 0.25) is 19.6 Å². The number of carboxylic acid groups (broad SMARTS) is 1. The Balaban J connectivity index is 1.63. The fourth-order valence-corrected chi connectivity index (χ4v) is 11.5. The number of rotatable bonds is 9. The average molecular weight is 550 g/mol. The van der Waals surface area contributed by atoms with Gasteiger partial charge in [-0.2, -0.15) is 0 Å². The zero-order valence-corrected chi connectivity index (χ0v) is 26.6. The number of carbonyl (C=O) groups is 1. The number of carboxylic acids is 1. The quantitative estimate of drug-likeness (QED) is 0.348. The second-order valence-electron chi connectivity index (χ2n) is 16.2. The van der Waals surface area contributed by atoms with Gasteiger partial charge in [0.05, 0.1) is 17.3 Å². The largest absolute Gasteiger partial charge is 0.550 e. The highest BCUT2D eigenvalue weighted by molar-refractivity contribution is 6.69. The van der Waals surface area contributed by atoms with E-state index in [9.17, 15) is 20.1 Å². The van der Waals surface area contributed by atoms with Gasteiger partial charge in [-0.1, -0.05) is 53.9 Å². The molecule has 2 N–H and O–H groups in total. The van der Waals surface area contributed by atoms with Crippen LogP contribution in [0.25, 0.3) is 0 Å². The zero-order chi connectivity index (χ0) is 28.3. The molecule has 220 valence electrons. The van der Waals surface area contributed by atoms with Gasteiger partial charge in [-0.05, 0) is 106 Å². The molecular formula is C32H57O5Si-. The number of hydrogen-bond acceptors (Lipinski definition) is 5. The number of hydrogen-bond donors (Lipinski definition) is 2. The minimum Gasteiger partial charge on any atom is -0.550 e. The SMILES string of the molecule is CC(C)CCC[C@@H](C)[C@H]1CC[C@H]2[C@@H]3CC(O[Si](C)(C)C)[C@@]4(O)C[C@](O)(CC(=O)[O-])CC[C@]4(C)[C@H]3CC[C@]12C. The Hall–Kier alpha value is -0.433. The van der Waals surface area contributed by atoms with Crippen LogP contribution in [0, 0.1) is 46.3 Å². The fraction of sp³-hybridized carbons (Fsp3) is 0.969. The molecule has 0 aromatic heterocycles. The molecule has 0 heterocycles. The van der Waals surface area contributed by atoms with Gasteiger partial charge in [0.15, 0.2) is 8.32 Å². The highest BCUT2D eigenvalue weighted by Crippen LogP contribution is 2.70. The van der Waals surface area contributed by atoms with Crippen molar-refractivity contribution in [1.29, 1.82) is 0 Å². The molecule has 4 aliphatic carbocycles. The molecule has 4 saturated carbocycles. The Labute approximate surface area is 233 Å². The van der Waals surface area contributed by atoms with Crippen molar-refractivity contribution in [1.82, 2.24) is 0 Å². The first-order chi connectivity index (χ1) is 17.4. The lowest BCUT2D eigenvalue weighted by atomic mass is 9.41. The molecular weight excluding hydrogens is 492 g/mol. The molecule has 0 saturated heterocycles. The molecule has 0 radical (unpaired) electrons. The number of carbonyl (C=O) groups excluding carboxylic acids is 1. The van der Waals surface area contributed by atoms with Crippen molar-refractivity contribution in [2.24, 2.45) is 46.3 Å². The van der Waals surface area contributed by atoms with Gasteiger partial charge in [-0.3, -0.25) is 0 Å². The third-order valence-electron chi connectivity index (χ3n) is 12.1. The number of fused-ring (bicyclic) bond motifs is 5. The second-order valence-corrected chi connectivity index (χ2v) is 20.6. The van der Waals surface area contributed by atoms with E-state index in [1.54, 1.807) is 0 Å². The van der Waals surface area contributed by atoms with Crippen LogP contribution in [-0.4, -0.2) is 41.8 Å². The van der Waals surface area contributed by atoms with Gasteiger partial charge in [0.1, 0.15) is 0 Å². The predicted molar refractivity (Wildman–Crippen MR) is 153 cm³/mol. The average Bonchev–Trinajstić information content (AvgIpc) is 3.11. The molecule has 0 amide bonds. The van der Waals surface area contributed by atoms with Gasteiger partial charge in [-0.25, -0.2) is 0 Å². The lowest BCUT2D eigenvalue weighted by molar-refractivity contribution is -0.315. The lowest BCUT2D eigenvalue weighted by Crippen LogP contribution is -2.71. The summed E-state index contributed by atoms with van der Waals surface area (Å²) in [5, 5.41) is 35.4. The molecule has 10 atom stereocenters. The van der Waals surface area contributed by atoms with E-state index in [0.717, 1.165) is 30.6 Å². The molecule has 4 aliphatic rings. The van der Waals surface area contributed by atoms with Crippen molar-refractivity contribution < 1.29 is 24.5 Å². The lowest BCUT2D eigenvalue weighted by Gasteiger charge is -2.67. The summed E-state index contributed by atoms with van der Waals surface area (Å²) in [7, 11) is -2.01. The van der Waals surface area contributed by atoms with Gasteiger partial charge in [0.25, 0.3) is 0 Å². The van der Waals surface area contributed by atoms with Crippen LogP contribution in [-0.2, 0) is 9.22 Å². The summed E-state index contributed by atoms with van der Waals surface area (Å²) in [4.78, 5) is 11.5. The van der Waals surface area contributed by atoms with Crippen molar-refractivity contribution in [3.63, 3.8) is 0 Å². The standard InChI is InChI=1S/C32H58O5Si/c1-21(2)10-9-11-22(3)24-12-13-25-23-18-27(37-38(6,7)8)32(36)20-31(35,19-28(33)34)17-16-30(32,5)26(23)14-15-29(24,25)4/h21-27,35-36H,9-20H2,1-8H3,(H,33,34)/p-1/t22-,23+,24-,25+,26+,27?,29-,30-,31-,32+/m1/s1. The molecule has 1 unspecified atom stereocenters. The van der Waals surface area contributed by atoms with E-state index in [1.807, 2.05) is 0 Å². The first-order valence-corrected chi connectivity index (χ1v) is 19.2. The van der Waals surface area contributed by atoms with Crippen LogP contribution in [0.5, 0.6) is 0 Å². The maximum atomic E-state index is 12.6. The maximum Gasteiger partial charge on any atom is 0.184 e. The first kappa shape index (κ1) is 30.5. The van der Waals surface area contributed by atoms with Gasteiger partial charge in [-0.15, -0.1) is 0 Å². The Morgan fingerprint density at radius 2 is 1.68 bits per heavy atom. The minimum atomic E-state index is -2.01. The van der Waals surface area contributed by atoms with Crippen LogP contribution in [0.4, 0.5) is 0 Å². The summed E-state index contributed by atoms with van der Waals surface area (Å²) in [5.41, 5.74) is -2.71. The van der Waals surface area contributed by atoms with E-state index in [4.69, 9.17) is 4.43 Å². The third-order valence-corrected chi connectivity index (χ3v) is 13.1. The monoisotopic (exact) mass is 549 g/mol. The first-order valence-electron chi connectivity index (χ1n) is 15.8.